The van der Waals surface area contributed by atoms with E-state index in [1.54, 1.807) is 0 Å². The van der Waals surface area contributed by atoms with Crippen LogP contribution in [0.2, 0.25) is 0 Å². The molecule has 0 amide bonds. The zero-order valence-corrected chi connectivity index (χ0v) is 9.90. The van der Waals surface area contributed by atoms with Crippen molar-refractivity contribution in [3.05, 3.63) is 0 Å². The van der Waals surface area contributed by atoms with Crippen molar-refractivity contribution in [2.45, 2.75) is 78.3 Å². The third kappa shape index (κ3) is 8.29. The summed E-state index contributed by atoms with van der Waals surface area (Å²) in [6, 6.07) is 1.40. The van der Waals surface area contributed by atoms with E-state index in [2.05, 4.69) is 33.0 Å². The summed E-state index contributed by atoms with van der Waals surface area (Å²) < 4.78 is 0. The Morgan fingerprint density at radius 3 is 2.00 bits per heavy atom. The minimum absolute atomic E-state index is 0.696. The summed E-state index contributed by atoms with van der Waals surface area (Å²) in [6.45, 7) is 9.11. The van der Waals surface area contributed by atoms with Gasteiger partial charge in [0, 0.05) is 12.1 Å². The van der Waals surface area contributed by atoms with Gasteiger partial charge in [-0.3, -0.25) is 0 Å². The summed E-state index contributed by atoms with van der Waals surface area (Å²) in [5.41, 5.74) is 0. The lowest BCUT2D eigenvalue weighted by Crippen LogP contribution is -2.34. The van der Waals surface area contributed by atoms with Crippen LogP contribution in [0.25, 0.3) is 0 Å². The summed E-state index contributed by atoms with van der Waals surface area (Å²) >= 11 is 0. The second-order valence-electron chi connectivity index (χ2n) is 4.25. The molecule has 0 radical (unpaired) electrons. The summed E-state index contributed by atoms with van der Waals surface area (Å²) in [5.74, 6) is 0. The maximum absolute atomic E-state index is 3.64. The van der Waals surface area contributed by atoms with E-state index in [9.17, 15) is 0 Å². The molecule has 2 unspecified atom stereocenters. The SMILES string of the molecule is CCCCCC(C)NC(C)CCC. The Morgan fingerprint density at radius 1 is 0.846 bits per heavy atom. The first-order valence-corrected chi connectivity index (χ1v) is 5.96. The van der Waals surface area contributed by atoms with E-state index in [0.29, 0.717) is 12.1 Å². The first-order chi connectivity index (χ1) is 6.20. The molecule has 2 atom stereocenters. The maximum atomic E-state index is 3.64. The largest absolute Gasteiger partial charge is 0.312 e. The first kappa shape index (κ1) is 13.0. The molecular formula is C12H27N. The molecule has 1 N–H and O–H groups in total. The van der Waals surface area contributed by atoms with E-state index in [-0.39, 0.29) is 0 Å². The van der Waals surface area contributed by atoms with Gasteiger partial charge in [-0.15, -0.1) is 0 Å². The fourth-order valence-electron chi connectivity index (χ4n) is 1.79. The molecule has 13 heavy (non-hydrogen) atoms. The van der Waals surface area contributed by atoms with Gasteiger partial charge in [-0.2, -0.15) is 0 Å². The van der Waals surface area contributed by atoms with Gasteiger partial charge in [0.05, 0.1) is 0 Å². The molecule has 0 aliphatic heterocycles. The highest BCUT2D eigenvalue weighted by atomic mass is 14.9. The van der Waals surface area contributed by atoms with Crippen LogP contribution in [0.1, 0.15) is 66.2 Å². The molecule has 0 aliphatic carbocycles. The van der Waals surface area contributed by atoms with E-state index in [1.807, 2.05) is 0 Å². The molecule has 80 valence electrons. The third-order valence-electron chi connectivity index (χ3n) is 2.53. The average molecular weight is 185 g/mol. The zero-order valence-electron chi connectivity index (χ0n) is 9.90. The quantitative estimate of drug-likeness (QED) is 0.568. The van der Waals surface area contributed by atoms with Gasteiger partial charge in [0.25, 0.3) is 0 Å². The van der Waals surface area contributed by atoms with Crippen molar-refractivity contribution in [1.29, 1.82) is 0 Å². The molecule has 0 fully saturated rings. The van der Waals surface area contributed by atoms with Gasteiger partial charge in [-0.25, -0.2) is 0 Å². The van der Waals surface area contributed by atoms with Crippen molar-refractivity contribution >= 4 is 0 Å². The highest BCUT2D eigenvalue weighted by molar-refractivity contribution is 4.66. The van der Waals surface area contributed by atoms with E-state index < -0.39 is 0 Å². The van der Waals surface area contributed by atoms with Gasteiger partial charge in [0.1, 0.15) is 0 Å². The molecule has 0 saturated carbocycles. The normalized spacial score (nSPS) is 15.7. The van der Waals surface area contributed by atoms with Crippen LogP contribution in [0.3, 0.4) is 0 Å². The highest BCUT2D eigenvalue weighted by Crippen LogP contribution is 2.05. The fourth-order valence-corrected chi connectivity index (χ4v) is 1.79. The van der Waals surface area contributed by atoms with E-state index in [4.69, 9.17) is 0 Å². The van der Waals surface area contributed by atoms with Crippen molar-refractivity contribution in [2.75, 3.05) is 0 Å². The van der Waals surface area contributed by atoms with Crippen LogP contribution >= 0.6 is 0 Å². The molecule has 0 aromatic heterocycles. The van der Waals surface area contributed by atoms with E-state index in [1.165, 1.54) is 38.5 Å². The molecule has 0 heterocycles. The number of rotatable bonds is 8. The first-order valence-electron chi connectivity index (χ1n) is 5.96. The van der Waals surface area contributed by atoms with Gasteiger partial charge < -0.3 is 5.32 Å². The second kappa shape index (κ2) is 8.55. The Morgan fingerprint density at radius 2 is 1.46 bits per heavy atom. The molecule has 1 heteroatoms. The van der Waals surface area contributed by atoms with Crippen LogP contribution in [0.5, 0.6) is 0 Å². The van der Waals surface area contributed by atoms with Crippen LogP contribution in [-0.4, -0.2) is 12.1 Å². The third-order valence-corrected chi connectivity index (χ3v) is 2.53. The lowest BCUT2D eigenvalue weighted by Gasteiger charge is -2.19. The number of hydrogen-bond acceptors (Lipinski definition) is 1. The minimum atomic E-state index is 0.696. The fraction of sp³-hybridized carbons (Fsp3) is 1.00. The molecule has 0 rings (SSSR count). The molecule has 0 bridgehead atoms. The standard InChI is InChI=1S/C12H27N/c1-5-7-8-10-12(4)13-11(3)9-6-2/h11-13H,5-10H2,1-4H3. The Labute approximate surface area is 84.3 Å². The summed E-state index contributed by atoms with van der Waals surface area (Å²) in [4.78, 5) is 0. The van der Waals surface area contributed by atoms with E-state index in [0.717, 1.165) is 0 Å². The summed E-state index contributed by atoms with van der Waals surface area (Å²) in [6.07, 6.45) is 8.02. The zero-order chi connectivity index (χ0) is 10.1. The van der Waals surface area contributed by atoms with Crippen molar-refractivity contribution in [1.82, 2.24) is 5.32 Å². The molecule has 0 aliphatic rings. The van der Waals surface area contributed by atoms with Gasteiger partial charge in [0.15, 0.2) is 0 Å². The van der Waals surface area contributed by atoms with Crippen LogP contribution in [0.15, 0.2) is 0 Å². The van der Waals surface area contributed by atoms with E-state index >= 15 is 0 Å². The van der Waals surface area contributed by atoms with Crippen molar-refractivity contribution in [3.63, 3.8) is 0 Å². The van der Waals surface area contributed by atoms with Crippen molar-refractivity contribution in [2.24, 2.45) is 0 Å². The van der Waals surface area contributed by atoms with Crippen LogP contribution in [0.4, 0.5) is 0 Å². The maximum Gasteiger partial charge on any atom is 0.00412 e. The molecule has 0 aromatic carbocycles. The Kier molecular flexibility index (Phi) is 8.53. The topological polar surface area (TPSA) is 12.0 Å². The summed E-state index contributed by atoms with van der Waals surface area (Å²) in [7, 11) is 0. The number of unbranched alkanes of at least 4 members (excludes halogenated alkanes) is 2. The lowest BCUT2D eigenvalue weighted by molar-refractivity contribution is 0.414. The Bertz CT molecular complexity index is 101. The number of hydrogen-bond donors (Lipinski definition) is 1. The molecular weight excluding hydrogens is 158 g/mol. The van der Waals surface area contributed by atoms with Crippen LogP contribution in [0, 0.1) is 0 Å². The Balaban J connectivity index is 3.32. The van der Waals surface area contributed by atoms with Gasteiger partial charge in [-0.05, 0) is 26.7 Å². The molecule has 0 aromatic rings. The minimum Gasteiger partial charge on any atom is -0.312 e. The molecule has 0 spiro atoms. The van der Waals surface area contributed by atoms with Gasteiger partial charge in [-0.1, -0.05) is 39.5 Å². The molecule has 1 nitrogen and oxygen atoms in total. The van der Waals surface area contributed by atoms with Crippen LogP contribution in [-0.2, 0) is 0 Å². The smallest absolute Gasteiger partial charge is 0.00412 e. The van der Waals surface area contributed by atoms with Crippen molar-refractivity contribution in [3.8, 4) is 0 Å². The highest BCUT2D eigenvalue weighted by Gasteiger charge is 2.05. The average Bonchev–Trinajstić information content (AvgIpc) is 2.05. The predicted octanol–water partition coefficient (Wildman–Crippen LogP) is 3.73. The van der Waals surface area contributed by atoms with Crippen molar-refractivity contribution < 1.29 is 0 Å². The predicted molar refractivity (Wildman–Crippen MR) is 61.1 cm³/mol. The van der Waals surface area contributed by atoms with Gasteiger partial charge in [0.2, 0.25) is 0 Å². The van der Waals surface area contributed by atoms with Gasteiger partial charge >= 0.3 is 0 Å². The molecule has 0 saturated heterocycles. The van der Waals surface area contributed by atoms with Crippen LogP contribution < -0.4 is 5.32 Å². The Hall–Kier alpha value is -0.0400. The summed E-state index contributed by atoms with van der Waals surface area (Å²) in [5, 5.41) is 3.64. The lowest BCUT2D eigenvalue weighted by atomic mass is 10.1. The number of nitrogens with one attached hydrogen (secondary N) is 1. The monoisotopic (exact) mass is 185 g/mol. The second-order valence-corrected chi connectivity index (χ2v) is 4.25.